The van der Waals surface area contributed by atoms with Crippen LogP contribution < -0.4 is 10.6 Å². The molecule has 1 aliphatic rings. The quantitative estimate of drug-likeness (QED) is 0.571. The normalized spacial score (nSPS) is 15.4. The first-order chi connectivity index (χ1) is 5.74. The number of aliphatic imine (C=N–C) groups is 1. The smallest absolute Gasteiger partial charge is 0.266 e. The molecule has 2 amide bonds. The molecule has 0 aliphatic carbocycles. The van der Waals surface area contributed by atoms with Crippen LogP contribution >= 0.6 is 0 Å². The van der Waals surface area contributed by atoms with Crippen LogP contribution in [-0.2, 0) is 9.59 Å². The molecule has 2 N–H and O–H groups in total. The van der Waals surface area contributed by atoms with Gasteiger partial charge in [0, 0.05) is 19.9 Å². The maximum atomic E-state index is 10.9. The van der Waals surface area contributed by atoms with Crippen molar-refractivity contribution >= 4 is 17.5 Å². The molecule has 5 nitrogen and oxygen atoms in total. The summed E-state index contributed by atoms with van der Waals surface area (Å²) in [5.74, 6) is -0.226. The zero-order valence-electron chi connectivity index (χ0n) is 6.89. The molecular formula is C7H11N3O2. The third kappa shape index (κ3) is 2.05. The largest absolute Gasteiger partial charge is 0.359 e. The van der Waals surface area contributed by atoms with Crippen molar-refractivity contribution in [2.24, 2.45) is 4.99 Å². The summed E-state index contributed by atoms with van der Waals surface area (Å²) in [4.78, 5) is 25.6. The van der Waals surface area contributed by atoms with Crippen molar-refractivity contribution in [3.63, 3.8) is 0 Å². The first-order valence-electron chi connectivity index (χ1n) is 3.76. The molecule has 0 atom stereocenters. The summed E-state index contributed by atoms with van der Waals surface area (Å²) in [6.45, 7) is 0.349. The van der Waals surface area contributed by atoms with E-state index in [0.29, 0.717) is 25.2 Å². The number of carbonyl (C=O) groups is 2. The molecule has 1 rings (SSSR count). The summed E-state index contributed by atoms with van der Waals surface area (Å²) < 4.78 is 0. The molecule has 0 aromatic rings. The fourth-order valence-corrected chi connectivity index (χ4v) is 0.930. The van der Waals surface area contributed by atoms with Crippen LogP contribution in [0.15, 0.2) is 4.99 Å². The Morgan fingerprint density at radius 2 is 2.50 bits per heavy atom. The molecule has 0 radical (unpaired) electrons. The minimum Gasteiger partial charge on any atom is -0.359 e. The van der Waals surface area contributed by atoms with E-state index in [-0.39, 0.29) is 11.8 Å². The van der Waals surface area contributed by atoms with E-state index >= 15 is 0 Å². The fraction of sp³-hybridized carbons (Fsp3) is 0.571. The number of carbonyl (C=O) groups excluding carboxylic acids is 2. The molecule has 0 bridgehead atoms. The Morgan fingerprint density at radius 3 is 3.00 bits per heavy atom. The Morgan fingerprint density at radius 1 is 1.75 bits per heavy atom. The maximum absolute atomic E-state index is 10.9. The summed E-state index contributed by atoms with van der Waals surface area (Å²) in [6, 6.07) is 0. The van der Waals surface area contributed by atoms with Gasteiger partial charge < -0.3 is 10.6 Å². The molecule has 66 valence electrons. The Bertz CT molecular complexity index is 235. The lowest BCUT2D eigenvalue weighted by molar-refractivity contribution is -0.120. The summed E-state index contributed by atoms with van der Waals surface area (Å²) in [5, 5.41) is 5.02. The first-order valence-corrected chi connectivity index (χ1v) is 3.76. The number of hydrogen-bond acceptors (Lipinski definition) is 3. The molecule has 0 fully saturated rings. The van der Waals surface area contributed by atoms with E-state index in [9.17, 15) is 9.59 Å². The molecule has 1 aliphatic heterocycles. The van der Waals surface area contributed by atoms with E-state index in [2.05, 4.69) is 15.6 Å². The van der Waals surface area contributed by atoms with E-state index in [1.165, 1.54) is 0 Å². The summed E-state index contributed by atoms with van der Waals surface area (Å²) in [5.41, 5.74) is 0.471. The van der Waals surface area contributed by atoms with Crippen molar-refractivity contribution in [3.05, 3.63) is 0 Å². The van der Waals surface area contributed by atoms with Gasteiger partial charge in [0.1, 0.15) is 12.4 Å². The van der Waals surface area contributed by atoms with Crippen LogP contribution in [0.3, 0.4) is 0 Å². The lowest BCUT2D eigenvalue weighted by atomic mass is 10.2. The van der Waals surface area contributed by atoms with Gasteiger partial charge in [-0.1, -0.05) is 0 Å². The molecular weight excluding hydrogens is 158 g/mol. The third-order valence-electron chi connectivity index (χ3n) is 1.64. The number of hydrogen-bond donors (Lipinski definition) is 2. The monoisotopic (exact) mass is 169 g/mol. The fourth-order valence-electron chi connectivity index (χ4n) is 0.930. The molecule has 0 aromatic carbocycles. The Balaban J connectivity index is 2.32. The molecule has 0 aromatic heterocycles. The molecule has 0 spiro atoms. The predicted octanol–water partition coefficient (Wildman–Crippen LogP) is -0.959. The van der Waals surface area contributed by atoms with Crippen LogP contribution in [0.1, 0.15) is 12.8 Å². The third-order valence-corrected chi connectivity index (χ3v) is 1.64. The van der Waals surface area contributed by atoms with Crippen LogP contribution in [0.4, 0.5) is 0 Å². The first kappa shape index (κ1) is 8.70. The van der Waals surface area contributed by atoms with E-state index in [0.717, 1.165) is 0 Å². The van der Waals surface area contributed by atoms with Gasteiger partial charge in [-0.2, -0.15) is 0 Å². The second kappa shape index (κ2) is 3.85. The number of amides is 2. The highest BCUT2D eigenvalue weighted by Crippen LogP contribution is 1.98. The van der Waals surface area contributed by atoms with Crippen molar-refractivity contribution in [2.45, 2.75) is 12.8 Å². The van der Waals surface area contributed by atoms with Crippen LogP contribution in [0, 0.1) is 0 Å². The van der Waals surface area contributed by atoms with Gasteiger partial charge in [0.2, 0.25) is 5.91 Å². The van der Waals surface area contributed by atoms with Gasteiger partial charge in [0.25, 0.3) is 5.91 Å². The average molecular weight is 169 g/mol. The molecule has 0 saturated carbocycles. The average Bonchev–Trinajstić information content (AvgIpc) is 2.47. The second-order valence-corrected chi connectivity index (χ2v) is 2.44. The van der Waals surface area contributed by atoms with Crippen LogP contribution in [0.2, 0.25) is 0 Å². The molecule has 12 heavy (non-hydrogen) atoms. The second-order valence-electron chi connectivity index (χ2n) is 2.44. The zero-order valence-corrected chi connectivity index (χ0v) is 6.89. The summed E-state index contributed by atoms with van der Waals surface area (Å²) in [7, 11) is 1.57. The van der Waals surface area contributed by atoms with Gasteiger partial charge in [0.05, 0.1) is 0 Å². The minimum atomic E-state index is -0.154. The molecule has 0 unspecified atom stereocenters. The highest BCUT2D eigenvalue weighted by Gasteiger charge is 2.16. The van der Waals surface area contributed by atoms with Crippen molar-refractivity contribution in [2.75, 3.05) is 13.7 Å². The topological polar surface area (TPSA) is 70.6 Å². The lowest BCUT2D eigenvalue weighted by Gasteiger charge is -1.97. The molecule has 0 saturated heterocycles. The van der Waals surface area contributed by atoms with Crippen molar-refractivity contribution in [1.29, 1.82) is 0 Å². The summed E-state index contributed by atoms with van der Waals surface area (Å²) in [6.07, 6.45) is 0.744. The van der Waals surface area contributed by atoms with Gasteiger partial charge in [-0.05, 0) is 0 Å². The number of nitrogens with one attached hydrogen (secondary N) is 2. The van der Waals surface area contributed by atoms with Gasteiger partial charge >= 0.3 is 0 Å². The Hall–Kier alpha value is -1.39. The highest BCUT2D eigenvalue weighted by molar-refractivity contribution is 6.40. The van der Waals surface area contributed by atoms with Crippen LogP contribution in [-0.4, -0.2) is 31.2 Å². The predicted molar refractivity (Wildman–Crippen MR) is 43.7 cm³/mol. The molecule has 5 heteroatoms. The SMILES string of the molecule is CNC(=O)CCC1=NCNC1=O. The molecule has 1 heterocycles. The van der Waals surface area contributed by atoms with E-state index in [1.54, 1.807) is 7.05 Å². The Labute approximate surface area is 70.2 Å². The van der Waals surface area contributed by atoms with Gasteiger partial charge in [-0.3, -0.25) is 14.6 Å². The highest BCUT2D eigenvalue weighted by atomic mass is 16.2. The van der Waals surface area contributed by atoms with Crippen LogP contribution in [0.5, 0.6) is 0 Å². The van der Waals surface area contributed by atoms with E-state index < -0.39 is 0 Å². The van der Waals surface area contributed by atoms with Crippen LogP contribution in [0.25, 0.3) is 0 Å². The van der Waals surface area contributed by atoms with E-state index in [1.807, 2.05) is 0 Å². The standard InChI is InChI=1S/C7H11N3O2/c1-8-6(11)3-2-5-7(12)10-4-9-5/h2-4H2,1H3,(H,8,11)(H,10,12). The number of rotatable bonds is 3. The maximum Gasteiger partial charge on any atom is 0.266 e. The van der Waals surface area contributed by atoms with Gasteiger partial charge in [0.15, 0.2) is 0 Å². The van der Waals surface area contributed by atoms with Crippen molar-refractivity contribution in [1.82, 2.24) is 10.6 Å². The van der Waals surface area contributed by atoms with E-state index in [4.69, 9.17) is 0 Å². The van der Waals surface area contributed by atoms with Gasteiger partial charge in [-0.25, -0.2) is 0 Å². The number of nitrogens with zero attached hydrogens (tertiary/aromatic N) is 1. The summed E-state index contributed by atoms with van der Waals surface area (Å²) >= 11 is 0. The zero-order chi connectivity index (χ0) is 8.97. The van der Waals surface area contributed by atoms with Gasteiger partial charge in [-0.15, -0.1) is 0 Å². The minimum absolute atomic E-state index is 0.0719. The lowest BCUT2D eigenvalue weighted by Crippen LogP contribution is -2.25. The Kier molecular flexibility index (Phi) is 2.79. The van der Waals surface area contributed by atoms with Crippen molar-refractivity contribution in [3.8, 4) is 0 Å². The van der Waals surface area contributed by atoms with Crippen molar-refractivity contribution < 1.29 is 9.59 Å².